The molecule has 2 atom stereocenters. The van der Waals surface area contributed by atoms with Crippen LogP contribution in [-0.4, -0.2) is 25.8 Å². The highest BCUT2D eigenvalue weighted by Gasteiger charge is 2.33. The van der Waals surface area contributed by atoms with E-state index >= 15 is 0 Å². The van der Waals surface area contributed by atoms with Gasteiger partial charge in [0.15, 0.2) is 9.84 Å². The van der Waals surface area contributed by atoms with Gasteiger partial charge < -0.3 is 0 Å². The smallest absolute Gasteiger partial charge is 0.150 e. The van der Waals surface area contributed by atoms with E-state index < -0.39 is 9.84 Å². The SMILES string of the molecule is O=S1(=O)CCC(C(CCl)Cc2ccc(I)cc2)C1. The van der Waals surface area contributed by atoms with Crippen molar-refractivity contribution in [1.82, 2.24) is 0 Å². The molecule has 0 radical (unpaired) electrons. The Morgan fingerprint density at radius 1 is 1.33 bits per heavy atom. The third-order valence-electron chi connectivity index (χ3n) is 3.54. The van der Waals surface area contributed by atoms with E-state index in [1.54, 1.807) is 0 Å². The zero-order chi connectivity index (χ0) is 13.2. The van der Waals surface area contributed by atoms with Crippen molar-refractivity contribution in [2.24, 2.45) is 11.8 Å². The van der Waals surface area contributed by atoms with Crippen molar-refractivity contribution in [1.29, 1.82) is 0 Å². The number of alkyl halides is 1. The zero-order valence-corrected chi connectivity index (χ0v) is 13.7. The summed E-state index contributed by atoms with van der Waals surface area (Å²) in [5.74, 6) is 1.68. The van der Waals surface area contributed by atoms with E-state index in [4.69, 9.17) is 11.6 Å². The van der Waals surface area contributed by atoms with Crippen molar-refractivity contribution in [3.63, 3.8) is 0 Å². The summed E-state index contributed by atoms with van der Waals surface area (Å²) in [6, 6.07) is 8.36. The van der Waals surface area contributed by atoms with E-state index in [9.17, 15) is 8.42 Å². The number of rotatable bonds is 4. The quantitative estimate of drug-likeness (QED) is 0.577. The molecule has 5 heteroatoms. The normalized spacial score (nSPS) is 24.0. The third kappa shape index (κ3) is 3.84. The van der Waals surface area contributed by atoms with Crippen molar-refractivity contribution < 1.29 is 8.42 Å². The molecule has 1 aromatic rings. The minimum absolute atomic E-state index is 0.228. The van der Waals surface area contributed by atoms with Gasteiger partial charge >= 0.3 is 0 Å². The molecule has 1 saturated heterocycles. The predicted molar refractivity (Wildman–Crippen MR) is 83.8 cm³/mol. The lowest BCUT2D eigenvalue weighted by Crippen LogP contribution is -2.20. The second kappa shape index (κ2) is 6.09. The van der Waals surface area contributed by atoms with E-state index in [1.807, 2.05) is 0 Å². The Hall–Kier alpha value is 0.190. The van der Waals surface area contributed by atoms with Crippen LogP contribution in [0.4, 0.5) is 0 Å². The van der Waals surface area contributed by atoms with E-state index in [2.05, 4.69) is 46.9 Å². The topological polar surface area (TPSA) is 34.1 Å². The van der Waals surface area contributed by atoms with Gasteiger partial charge in [0.1, 0.15) is 0 Å². The Balaban J connectivity index is 2.04. The Labute approximate surface area is 127 Å². The number of sulfone groups is 1. The van der Waals surface area contributed by atoms with E-state index in [0.717, 1.165) is 12.8 Å². The molecule has 1 aliphatic heterocycles. The van der Waals surface area contributed by atoms with Gasteiger partial charge in [0.05, 0.1) is 11.5 Å². The molecule has 0 aromatic heterocycles. The van der Waals surface area contributed by atoms with Gasteiger partial charge in [0.2, 0.25) is 0 Å². The van der Waals surface area contributed by atoms with Crippen molar-refractivity contribution in [2.45, 2.75) is 12.8 Å². The molecule has 1 aliphatic rings. The van der Waals surface area contributed by atoms with E-state index in [0.29, 0.717) is 17.4 Å². The predicted octanol–water partition coefficient (Wildman–Crippen LogP) is 3.12. The standard InChI is InChI=1S/C13H16ClIO2S/c14-8-12(11-5-6-18(16,17)9-11)7-10-1-3-13(15)4-2-10/h1-4,11-12H,5-9H2. The van der Waals surface area contributed by atoms with Crippen LogP contribution in [0.5, 0.6) is 0 Å². The fourth-order valence-electron chi connectivity index (χ4n) is 2.47. The Bertz CT molecular complexity index is 498. The molecule has 0 spiro atoms. The molecule has 2 unspecified atom stereocenters. The van der Waals surface area contributed by atoms with Gasteiger partial charge in [-0.2, -0.15) is 0 Å². The molecule has 100 valence electrons. The Morgan fingerprint density at radius 3 is 2.50 bits per heavy atom. The summed E-state index contributed by atoms with van der Waals surface area (Å²) < 4.78 is 24.2. The van der Waals surface area contributed by atoms with E-state index in [1.165, 1.54) is 9.13 Å². The second-order valence-corrected chi connectivity index (χ2v) is 8.69. The van der Waals surface area contributed by atoms with Crippen LogP contribution in [0, 0.1) is 15.4 Å². The molecule has 1 heterocycles. The fraction of sp³-hybridized carbons (Fsp3) is 0.538. The van der Waals surface area contributed by atoms with Gasteiger partial charge in [-0.05, 0) is 65.0 Å². The molecular formula is C13H16ClIO2S. The fourth-order valence-corrected chi connectivity index (χ4v) is 5.11. The van der Waals surface area contributed by atoms with Crippen LogP contribution in [-0.2, 0) is 16.3 Å². The van der Waals surface area contributed by atoms with Crippen LogP contribution >= 0.6 is 34.2 Å². The molecule has 18 heavy (non-hydrogen) atoms. The molecule has 2 nitrogen and oxygen atoms in total. The lowest BCUT2D eigenvalue weighted by molar-refractivity contribution is 0.398. The molecule has 2 rings (SSSR count). The summed E-state index contributed by atoms with van der Waals surface area (Å²) in [6.45, 7) is 0. The van der Waals surface area contributed by atoms with Gasteiger partial charge in [-0.15, -0.1) is 11.6 Å². The minimum atomic E-state index is -2.81. The van der Waals surface area contributed by atoms with Crippen LogP contribution in [0.15, 0.2) is 24.3 Å². The molecule has 0 saturated carbocycles. The molecule has 1 fully saturated rings. The molecule has 1 aromatic carbocycles. The highest BCUT2D eigenvalue weighted by molar-refractivity contribution is 14.1. The molecule has 0 bridgehead atoms. The summed E-state index contributed by atoms with van der Waals surface area (Å²) in [5.41, 5.74) is 1.24. The summed E-state index contributed by atoms with van der Waals surface area (Å²) in [7, 11) is -2.81. The summed E-state index contributed by atoms with van der Waals surface area (Å²) in [5, 5.41) is 0. The monoisotopic (exact) mass is 398 g/mol. The Morgan fingerprint density at radius 2 is 2.00 bits per heavy atom. The zero-order valence-electron chi connectivity index (χ0n) is 9.98. The second-order valence-electron chi connectivity index (χ2n) is 4.91. The number of halogens is 2. The van der Waals surface area contributed by atoms with Crippen LogP contribution in [0.2, 0.25) is 0 Å². The van der Waals surface area contributed by atoms with Crippen LogP contribution in [0.25, 0.3) is 0 Å². The largest absolute Gasteiger partial charge is 0.229 e. The maximum Gasteiger partial charge on any atom is 0.150 e. The number of benzene rings is 1. The van der Waals surface area contributed by atoms with Gasteiger partial charge in [-0.25, -0.2) is 8.42 Å². The first-order valence-electron chi connectivity index (χ1n) is 6.01. The molecule has 0 N–H and O–H groups in total. The summed E-state index contributed by atoms with van der Waals surface area (Å²) >= 11 is 8.30. The van der Waals surface area contributed by atoms with Gasteiger partial charge in [-0.3, -0.25) is 0 Å². The van der Waals surface area contributed by atoms with Crippen LogP contribution in [0.1, 0.15) is 12.0 Å². The van der Waals surface area contributed by atoms with Crippen LogP contribution in [0.3, 0.4) is 0 Å². The highest BCUT2D eigenvalue weighted by atomic mass is 127. The molecule has 0 amide bonds. The lowest BCUT2D eigenvalue weighted by atomic mass is 9.88. The maximum absolute atomic E-state index is 11.5. The number of hydrogen-bond acceptors (Lipinski definition) is 2. The summed E-state index contributed by atoms with van der Waals surface area (Å²) in [4.78, 5) is 0. The minimum Gasteiger partial charge on any atom is -0.229 e. The maximum atomic E-state index is 11.5. The van der Waals surface area contributed by atoms with E-state index in [-0.39, 0.29) is 11.8 Å². The average molecular weight is 399 g/mol. The first kappa shape index (κ1) is 14.6. The highest BCUT2D eigenvalue weighted by Crippen LogP contribution is 2.29. The van der Waals surface area contributed by atoms with Gasteiger partial charge in [-0.1, -0.05) is 12.1 Å². The van der Waals surface area contributed by atoms with Crippen LogP contribution < -0.4 is 0 Å². The van der Waals surface area contributed by atoms with Gasteiger partial charge in [0.25, 0.3) is 0 Å². The molecule has 0 aliphatic carbocycles. The van der Waals surface area contributed by atoms with Crippen molar-refractivity contribution >= 4 is 44.0 Å². The first-order chi connectivity index (χ1) is 8.50. The van der Waals surface area contributed by atoms with Crippen molar-refractivity contribution in [2.75, 3.05) is 17.4 Å². The Kier molecular flexibility index (Phi) is 4.94. The van der Waals surface area contributed by atoms with Crippen molar-refractivity contribution in [3.05, 3.63) is 33.4 Å². The average Bonchev–Trinajstić information content (AvgIpc) is 2.69. The lowest BCUT2D eigenvalue weighted by Gasteiger charge is -2.20. The molecular weight excluding hydrogens is 383 g/mol. The third-order valence-corrected chi connectivity index (χ3v) is 6.45. The van der Waals surface area contributed by atoms with Crippen molar-refractivity contribution in [3.8, 4) is 0 Å². The first-order valence-corrected chi connectivity index (χ1v) is 9.44. The summed E-state index contributed by atoms with van der Waals surface area (Å²) in [6.07, 6.45) is 1.64. The number of hydrogen-bond donors (Lipinski definition) is 0. The van der Waals surface area contributed by atoms with Gasteiger partial charge in [0, 0.05) is 9.45 Å².